The lowest BCUT2D eigenvalue weighted by molar-refractivity contribution is -0.122. The summed E-state index contributed by atoms with van der Waals surface area (Å²) in [6.07, 6.45) is 4.23. The van der Waals surface area contributed by atoms with Gasteiger partial charge in [0.25, 0.3) is 11.5 Å². The second-order valence-corrected chi connectivity index (χ2v) is 8.63. The minimum atomic E-state index is -0.300. The molecule has 35 heavy (non-hydrogen) atoms. The maximum absolute atomic E-state index is 12.6. The molecule has 3 heterocycles. The van der Waals surface area contributed by atoms with Crippen molar-refractivity contribution in [1.82, 2.24) is 19.9 Å². The van der Waals surface area contributed by atoms with Gasteiger partial charge in [-0.05, 0) is 49.9 Å². The van der Waals surface area contributed by atoms with E-state index in [0.717, 1.165) is 53.4 Å². The highest BCUT2D eigenvalue weighted by Gasteiger charge is 2.19. The molecule has 2 N–H and O–H groups in total. The van der Waals surface area contributed by atoms with Gasteiger partial charge in [0.05, 0.1) is 5.52 Å². The van der Waals surface area contributed by atoms with Gasteiger partial charge < -0.3 is 24.8 Å². The van der Waals surface area contributed by atoms with E-state index in [1.165, 1.54) is 18.0 Å². The van der Waals surface area contributed by atoms with Crippen LogP contribution in [0.4, 0.5) is 17.5 Å². The number of rotatable bonds is 6. The van der Waals surface area contributed by atoms with Gasteiger partial charge in [-0.3, -0.25) is 9.59 Å². The lowest BCUT2D eigenvalue weighted by Crippen LogP contribution is -2.35. The topological polar surface area (TPSA) is 101 Å². The standard InChI is InChI=1S/C24H30N6O3.C2H6/c1-15-6-5-9-30(13-15)24-26-12-16(2)22(28-24)27-18-7-8-19-17(10-18)11-20(23(32)29(19)4)33-14-21(31)25-3;1-2/h7-8,10-12,15H,5-6,9,13-14H2,1-4H3,(H,25,31)(H,26,27,28);1-2H3. The number of nitrogens with one attached hydrogen (secondary N) is 2. The van der Waals surface area contributed by atoms with Crippen LogP contribution in [0.15, 0.2) is 35.3 Å². The largest absolute Gasteiger partial charge is 0.478 e. The second-order valence-electron chi connectivity index (χ2n) is 8.63. The van der Waals surface area contributed by atoms with E-state index in [9.17, 15) is 9.59 Å². The second kappa shape index (κ2) is 11.7. The predicted octanol–water partition coefficient (Wildman–Crippen LogP) is 3.77. The first-order chi connectivity index (χ1) is 16.9. The number of ether oxygens (including phenoxy) is 1. The quantitative estimate of drug-likeness (QED) is 0.554. The molecule has 0 spiro atoms. The Morgan fingerprint density at radius 3 is 2.74 bits per heavy atom. The molecule has 0 saturated carbocycles. The van der Waals surface area contributed by atoms with Crippen LogP contribution in [0, 0.1) is 12.8 Å². The van der Waals surface area contributed by atoms with E-state index in [0.29, 0.717) is 5.92 Å². The van der Waals surface area contributed by atoms with Crippen molar-refractivity contribution in [3.63, 3.8) is 0 Å². The van der Waals surface area contributed by atoms with Crippen LogP contribution in [0.1, 0.15) is 39.2 Å². The van der Waals surface area contributed by atoms with Crippen LogP contribution in [-0.4, -0.2) is 47.2 Å². The number of nitrogens with zero attached hydrogens (tertiary/aromatic N) is 4. The van der Waals surface area contributed by atoms with Crippen LogP contribution in [-0.2, 0) is 11.8 Å². The Kier molecular flexibility index (Phi) is 8.68. The average Bonchev–Trinajstić information content (AvgIpc) is 2.87. The van der Waals surface area contributed by atoms with Crippen molar-refractivity contribution in [3.8, 4) is 5.75 Å². The van der Waals surface area contributed by atoms with Crippen LogP contribution < -0.4 is 25.8 Å². The van der Waals surface area contributed by atoms with Gasteiger partial charge in [-0.1, -0.05) is 20.8 Å². The minimum absolute atomic E-state index is 0.130. The summed E-state index contributed by atoms with van der Waals surface area (Å²) in [5, 5.41) is 6.69. The van der Waals surface area contributed by atoms with E-state index in [1.807, 2.05) is 45.2 Å². The summed E-state index contributed by atoms with van der Waals surface area (Å²) in [4.78, 5) is 35.7. The Hall–Kier alpha value is -3.62. The average molecular weight is 481 g/mol. The Labute approximate surface area is 206 Å². The van der Waals surface area contributed by atoms with E-state index in [1.54, 1.807) is 13.1 Å². The number of carbonyl (C=O) groups excluding carboxylic acids is 1. The summed E-state index contributed by atoms with van der Waals surface area (Å²) < 4.78 is 6.97. The zero-order chi connectivity index (χ0) is 25.5. The fourth-order valence-corrected chi connectivity index (χ4v) is 4.07. The van der Waals surface area contributed by atoms with Crippen molar-refractivity contribution in [2.75, 3.05) is 37.0 Å². The van der Waals surface area contributed by atoms with Crippen molar-refractivity contribution < 1.29 is 9.53 Å². The van der Waals surface area contributed by atoms with Crippen molar-refractivity contribution in [2.24, 2.45) is 13.0 Å². The molecule has 1 unspecified atom stereocenters. The minimum Gasteiger partial charge on any atom is -0.478 e. The molecule has 188 valence electrons. The highest BCUT2D eigenvalue weighted by molar-refractivity contribution is 5.85. The zero-order valence-electron chi connectivity index (χ0n) is 21.5. The molecule has 1 fully saturated rings. The fourth-order valence-electron chi connectivity index (χ4n) is 4.07. The summed E-state index contributed by atoms with van der Waals surface area (Å²) in [5.41, 5.74) is 2.25. The number of aromatic nitrogens is 3. The van der Waals surface area contributed by atoms with Crippen molar-refractivity contribution in [2.45, 2.75) is 40.5 Å². The third kappa shape index (κ3) is 6.09. The number of amides is 1. The summed E-state index contributed by atoms with van der Waals surface area (Å²) >= 11 is 0. The smallest absolute Gasteiger partial charge is 0.293 e. The van der Waals surface area contributed by atoms with Crippen LogP contribution in [0.5, 0.6) is 5.75 Å². The molecule has 3 aromatic rings. The molecule has 4 rings (SSSR count). The van der Waals surface area contributed by atoms with E-state index >= 15 is 0 Å². The first-order valence-corrected chi connectivity index (χ1v) is 12.2. The molecule has 1 atom stereocenters. The molecule has 2 aromatic heterocycles. The summed E-state index contributed by atoms with van der Waals surface area (Å²) in [5.74, 6) is 1.95. The highest BCUT2D eigenvalue weighted by Crippen LogP contribution is 2.26. The Morgan fingerprint density at radius 2 is 2.03 bits per heavy atom. The van der Waals surface area contributed by atoms with Crippen LogP contribution >= 0.6 is 0 Å². The molecule has 9 nitrogen and oxygen atoms in total. The molecule has 1 aliphatic heterocycles. The van der Waals surface area contributed by atoms with E-state index in [2.05, 4.69) is 27.4 Å². The van der Waals surface area contributed by atoms with Gasteiger partial charge in [-0.2, -0.15) is 4.98 Å². The maximum Gasteiger partial charge on any atom is 0.293 e. The monoisotopic (exact) mass is 480 g/mol. The third-order valence-corrected chi connectivity index (χ3v) is 5.99. The van der Waals surface area contributed by atoms with Gasteiger partial charge in [0.1, 0.15) is 5.82 Å². The van der Waals surface area contributed by atoms with Gasteiger partial charge in [-0.15, -0.1) is 0 Å². The first kappa shape index (κ1) is 26.0. The molecule has 9 heteroatoms. The summed E-state index contributed by atoms with van der Waals surface area (Å²) in [7, 11) is 3.21. The van der Waals surface area contributed by atoms with Crippen molar-refractivity contribution in [1.29, 1.82) is 0 Å². The number of anilines is 3. The number of fused-ring (bicyclic) bond motifs is 1. The number of pyridine rings is 1. The van der Waals surface area contributed by atoms with Crippen LogP contribution in [0.2, 0.25) is 0 Å². The molecule has 0 radical (unpaired) electrons. The number of likely N-dealkylation sites (N-methyl/N-ethyl adjacent to an activating group) is 1. The molecule has 0 aliphatic carbocycles. The Morgan fingerprint density at radius 1 is 1.26 bits per heavy atom. The Balaban J connectivity index is 0.00000167. The molecule has 1 aromatic carbocycles. The van der Waals surface area contributed by atoms with Crippen molar-refractivity contribution >= 4 is 34.3 Å². The first-order valence-electron chi connectivity index (χ1n) is 12.2. The Bertz CT molecular complexity index is 1240. The molecular weight excluding hydrogens is 444 g/mol. The highest BCUT2D eigenvalue weighted by atomic mass is 16.5. The zero-order valence-corrected chi connectivity index (χ0v) is 21.5. The maximum atomic E-state index is 12.6. The lowest BCUT2D eigenvalue weighted by atomic mass is 10.0. The van der Waals surface area contributed by atoms with E-state index < -0.39 is 0 Å². The summed E-state index contributed by atoms with van der Waals surface area (Å²) in [6, 6.07) is 7.40. The van der Waals surface area contributed by atoms with Crippen molar-refractivity contribution in [3.05, 3.63) is 46.4 Å². The van der Waals surface area contributed by atoms with Gasteiger partial charge >= 0.3 is 0 Å². The van der Waals surface area contributed by atoms with Gasteiger partial charge in [-0.25, -0.2) is 4.98 Å². The molecule has 0 bridgehead atoms. The van der Waals surface area contributed by atoms with Crippen LogP contribution in [0.25, 0.3) is 10.9 Å². The number of piperidine rings is 1. The number of aryl methyl sites for hydroxylation is 2. The van der Waals surface area contributed by atoms with Gasteiger partial charge in [0.15, 0.2) is 12.4 Å². The lowest BCUT2D eigenvalue weighted by Gasteiger charge is -2.31. The SMILES string of the molecule is CC.CNC(=O)COc1cc2cc(Nc3nc(N4CCCC(C)C4)ncc3C)ccc2n(C)c1=O. The number of benzene rings is 1. The summed E-state index contributed by atoms with van der Waals surface area (Å²) in [6.45, 7) is 9.95. The number of hydrogen-bond acceptors (Lipinski definition) is 7. The molecular formula is C26H36N6O3. The van der Waals surface area contributed by atoms with E-state index in [4.69, 9.17) is 9.72 Å². The third-order valence-electron chi connectivity index (χ3n) is 5.99. The number of hydrogen-bond donors (Lipinski definition) is 2. The molecule has 1 saturated heterocycles. The van der Waals surface area contributed by atoms with Gasteiger partial charge in [0.2, 0.25) is 5.95 Å². The van der Waals surface area contributed by atoms with Gasteiger partial charge in [0, 0.05) is 50.0 Å². The van der Waals surface area contributed by atoms with Crippen LogP contribution in [0.3, 0.4) is 0 Å². The molecule has 1 amide bonds. The van der Waals surface area contributed by atoms with E-state index in [-0.39, 0.29) is 23.8 Å². The number of carbonyl (C=O) groups is 1. The fraction of sp³-hybridized carbons (Fsp3) is 0.462. The molecule has 1 aliphatic rings. The normalized spacial score (nSPS) is 15.3. The predicted molar refractivity (Wildman–Crippen MR) is 141 cm³/mol.